The van der Waals surface area contributed by atoms with Crippen LogP contribution in [0, 0.1) is 69.2 Å². The van der Waals surface area contributed by atoms with Crippen LogP contribution in [0.5, 0.6) is 0 Å². The van der Waals surface area contributed by atoms with Crippen LogP contribution in [0.1, 0.15) is 76.4 Å². The molecule has 0 bridgehead atoms. The van der Waals surface area contributed by atoms with Gasteiger partial charge in [0, 0.05) is 63.5 Å². The molecular formula is C28H41N3O2Zr. The van der Waals surface area contributed by atoms with Crippen molar-refractivity contribution in [1.29, 1.82) is 0 Å². The number of amides is 2. The zero-order valence-corrected chi connectivity index (χ0v) is 25.1. The van der Waals surface area contributed by atoms with Crippen molar-refractivity contribution in [3.63, 3.8) is 0 Å². The summed E-state index contributed by atoms with van der Waals surface area (Å²) in [6.45, 7) is 23.0. The molecule has 5 nitrogen and oxygen atoms in total. The molecule has 0 atom stereocenters. The monoisotopic (exact) mass is 541 g/mol. The summed E-state index contributed by atoms with van der Waals surface area (Å²) in [7, 11) is 0. The van der Waals surface area contributed by atoms with Crippen LogP contribution < -0.4 is 16.0 Å². The Hall–Kier alpha value is -1.78. The van der Waals surface area contributed by atoms with Gasteiger partial charge in [-0.1, -0.05) is 0 Å². The summed E-state index contributed by atoms with van der Waals surface area (Å²) in [5.41, 5.74) is 13.0. The van der Waals surface area contributed by atoms with Crippen LogP contribution in [0.2, 0.25) is 0 Å². The quantitative estimate of drug-likeness (QED) is 0.430. The van der Waals surface area contributed by atoms with Gasteiger partial charge >= 0.3 is 0 Å². The molecule has 0 aliphatic rings. The van der Waals surface area contributed by atoms with Crippen molar-refractivity contribution in [2.45, 2.75) is 69.2 Å². The summed E-state index contributed by atoms with van der Waals surface area (Å²) in [6.07, 6.45) is 0. The van der Waals surface area contributed by atoms with Crippen molar-refractivity contribution in [2.75, 3.05) is 26.2 Å². The van der Waals surface area contributed by atoms with Crippen LogP contribution in [0.25, 0.3) is 0 Å². The SMILES string of the molecule is Cc1c(C)c(C)c(C(=O)NCCNCCNC(=O)c2c(C)c(C)c(C)c(C)c2C)c(C)c1C.[Zr]. The Labute approximate surface area is 225 Å². The van der Waals surface area contributed by atoms with Gasteiger partial charge in [-0.15, -0.1) is 0 Å². The molecule has 6 heteroatoms. The van der Waals surface area contributed by atoms with E-state index in [-0.39, 0.29) is 38.0 Å². The Morgan fingerprint density at radius 3 is 0.941 bits per heavy atom. The molecular weight excluding hydrogens is 502 g/mol. The molecule has 0 spiro atoms. The van der Waals surface area contributed by atoms with Gasteiger partial charge in [0.15, 0.2) is 0 Å². The number of hydrogen-bond acceptors (Lipinski definition) is 3. The number of carbonyl (C=O) groups excluding carboxylic acids is 2. The third-order valence-electron chi connectivity index (χ3n) is 7.63. The summed E-state index contributed by atoms with van der Waals surface area (Å²) < 4.78 is 0. The number of carbonyl (C=O) groups is 2. The first-order chi connectivity index (χ1) is 15.4. The molecule has 2 amide bonds. The fourth-order valence-corrected chi connectivity index (χ4v) is 4.51. The standard InChI is InChI=1S/C28H41N3O2.Zr/c1-15-17(3)21(7)25(22(8)18(15)4)27(32)30-13-11-29-12-14-31-28(33)26-23(9)19(5)16(2)20(6)24(26)10;/h29H,11-14H2,1-10H3,(H,30,32)(H,31,33);. The van der Waals surface area contributed by atoms with E-state index < -0.39 is 0 Å². The van der Waals surface area contributed by atoms with Crippen molar-refractivity contribution < 1.29 is 35.8 Å². The maximum Gasteiger partial charge on any atom is 0.251 e. The smallest absolute Gasteiger partial charge is 0.251 e. The van der Waals surface area contributed by atoms with Gasteiger partial charge in [-0.25, -0.2) is 0 Å². The van der Waals surface area contributed by atoms with Gasteiger partial charge in [-0.3, -0.25) is 9.59 Å². The van der Waals surface area contributed by atoms with E-state index in [1.165, 1.54) is 33.4 Å². The molecule has 0 unspecified atom stereocenters. The Kier molecular flexibility index (Phi) is 11.4. The van der Waals surface area contributed by atoms with Crippen molar-refractivity contribution in [1.82, 2.24) is 16.0 Å². The second kappa shape index (κ2) is 12.8. The molecule has 0 heterocycles. The Morgan fingerprint density at radius 2 is 0.676 bits per heavy atom. The van der Waals surface area contributed by atoms with Crippen LogP contribution in [-0.4, -0.2) is 38.0 Å². The molecule has 34 heavy (non-hydrogen) atoms. The third-order valence-corrected chi connectivity index (χ3v) is 7.63. The summed E-state index contributed by atoms with van der Waals surface area (Å²) in [6, 6.07) is 0. The van der Waals surface area contributed by atoms with Crippen molar-refractivity contribution >= 4 is 11.8 Å². The second-order valence-corrected chi connectivity index (χ2v) is 9.26. The van der Waals surface area contributed by atoms with Gasteiger partial charge in [0.2, 0.25) is 0 Å². The van der Waals surface area contributed by atoms with Crippen LogP contribution in [0.3, 0.4) is 0 Å². The van der Waals surface area contributed by atoms with Crippen LogP contribution in [0.4, 0.5) is 0 Å². The predicted molar refractivity (Wildman–Crippen MR) is 138 cm³/mol. The van der Waals surface area contributed by atoms with Crippen molar-refractivity contribution in [3.8, 4) is 0 Å². The predicted octanol–water partition coefficient (Wildman–Crippen LogP) is 4.52. The normalized spacial score (nSPS) is 10.6. The number of benzene rings is 2. The molecule has 0 aliphatic heterocycles. The summed E-state index contributed by atoms with van der Waals surface area (Å²) in [5, 5.41) is 9.34. The van der Waals surface area contributed by atoms with E-state index in [1.807, 2.05) is 27.7 Å². The Morgan fingerprint density at radius 1 is 0.441 bits per heavy atom. The van der Waals surface area contributed by atoms with Crippen LogP contribution >= 0.6 is 0 Å². The summed E-state index contributed by atoms with van der Waals surface area (Å²) in [5.74, 6) is -0.0512. The molecule has 0 aliphatic carbocycles. The summed E-state index contributed by atoms with van der Waals surface area (Å²) in [4.78, 5) is 25.6. The van der Waals surface area contributed by atoms with E-state index in [0.717, 1.165) is 33.4 Å². The topological polar surface area (TPSA) is 70.2 Å². The van der Waals surface area contributed by atoms with E-state index in [4.69, 9.17) is 0 Å². The van der Waals surface area contributed by atoms with Gasteiger partial charge in [0.05, 0.1) is 0 Å². The van der Waals surface area contributed by atoms with E-state index >= 15 is 0 Å². The number of hydrogen-bond donors (Lipinski definition) is 3. The first-order valence-electron chi connectivity index (χ1n) is 11.8. The Bertz CT molecular complexity index is 947. The molecule has 0 fully saturated rings. The first-order valence-corrected chi connectivity index (χ1v) is 11.8. The zero-order valence-electron chi connectivity index (χ0n) is 22.6. The van der Waals surface area contributed by atoms with Crippen LogP contribution in [-0.2, 0) is 26.2 Å². The molecule has 2 aromatic carbocycles. The minimum absolute atomic E-state index is 0. The minimum atomic E-state index is -0.0256. The van der Waals surface area contributed by atoms with Gasteiger partial charge in [-0.05, 0) is 125 Å². The van der Waals surface area contributed by atoms with E-state index in [0.29, 0.717) is 26.2 Å². The molecule has 0 aromatic heterocycles. The largest absolute Gasteiger partial charge is 0.351 e. The van der Waals surface area contributed by atoms with Gasteiger partial charge in [0.1, 0.15) is 0 Å². The van der Waals surface area contributed by atoms with Gasteiger partial charge < -0.3 is 16.0 Å². The van der Waals surface area contributed by atoms with Gasteiger partial charge in [0.25, 0.3) is 11.8 Å². The molecule has 2 rings (SSSR count). The second-order valence-electron chi connectivity index (χ2n) is 9.26. The van der Waals surface area contributed by atoms with E-state index in [2.05, 4.69) is 57.5 Å². The maximum absolute atomic E-state index is 12.8. The van der Waals surface area contributed by atoms with Crippen molar-refractivity contribution in [3.05, 3.63) is 66.8 Å². The number of nitrogens with one attached hydrogen (secondary N) is 3. The average Bonchev–Trinajstić information content (AvgIpc) is 2.78. The molecule has 2 aromatic rings. The fourth-order valence-electron chi connectivity index (χ4n) is 4.51. The third kappa shape index (κ3) is 6.26. The molecule has 184 valence electrons. The maximum atomic E-state index is 12.8. The van der Waals surface area contributed by atoms with Gasteiger partial charge in [-0.2, -0.15) is 0 Å². The fraction of sp³-hybridized carbons (Fsp3) is 0.500. The van der Waals surface area contributed by atoms with Crippen molar-refractivity contribution in [2.24, 2.45) is 0 Å². The minimum Gasteiger partial charge on any atom is -0.351 e. The zero-order chi connectivity index (χ0) is 25.0. The first kappa shape index (κ1) is 30.3. The number of rotatable bonds is 8. The molecule has 0 radical (unpaired) electrons. The summed E-state index contributed by atoms with van der Waals surface area (Å²) >= 11 is 0. The molecule has 0 saturated heterocycles. The van der Waals surface area contributed by atoms with E-state index in [1.54, 1.807) is 0 Å². The molecule has 0 saturated carbocycles. The van der Waals surface area contributed by atoms with Crippen LogP contribution in [0.15, 0.2) is 0 Å². The Balaban J connectivity index is 0.00000578. The van der Waals surface area contributed by atoms with E-state index in [9.17, 15) is 9.59 Å². The molecule has 3 N–H and O–H groups in total. The average molecular weight is 543 g/mol.